The number of hydrogen-bond donors (Lipinski definition) is 2. The molecule has 0 fully saturated rings. The third kappa shape index (κ3) is 3.45. The van der Waals surface area contributed by atoms with Crippen LogP contribution in [0, 0.1) is 5.92 Å². The zero-order valence-electron chi connectivity index (χ0n) is 10.7. The summed E-state index contributed by atoms with van der Waals surface area (Å²) in [4.78, 5) is 0. The summed E-state index contributed by atoms with van der Waals surface area (Å²) in [6.07, 6.45) is 1.12. The number of ether oxygens (including phenoxy) is 1. The van der Waals surface area contributed by atoms with Crippen molar-refractivity contribution in [2.75, 3.05) is 26.7 Å². The van der Waals surface area contributed by atoms with Crippen LogP contribution in [-0.4, -0.2) is 32.8 Å². The monoisotopic (exact) mass is 234 g/mol. The Hall–Kier alpha value is -1.06. The Balaban J connectivity index is 1.82. The topological polar surface area (TPSA) is 33.3 Å². The molecular formula is C14H22N2O. The summed E-state index contributed by atoms with van der Waals surface area (Å²) >= 11 is 0. The van der Waals surface area contributed by atoms with Gasteiger partial charge in [0.25, 0.3) is 0 Å². The van der Waals surface area contributed by atoms with E-state index in [0.29, 0.717) is 12.0 Å². The van der Waals surface area contributed by atoms with Gasteiger partial charge in [0.2, 0.25) is 0 Å². The smallest absolute Gasteiger partial charge is 0.122 e. The molecule has 0 spiro atoms. The Kier molecular flexibility index (Phi) is 4.40. The first kappa shape index (κ1) is 12.4. The average Bonchev–Trinajstić information content (AvgIpc) is 2.36. The fourth-order valence-electron chi connectivity index (χ4n) is 2.27. The molecule has 0 amide bonds. The number of likely N-dealkylation sites (N-methyl/N-ethyl adjacent to an activating group) is 1. The third-order valence-electron chi connectivity index (χ3n) is 3.22. The molecule has 1 aliphatic rings. The van der Waals surface area contributed by atoms with Crippen LogP contribution < -0.4 is 15.4 Å². The number of rotatable bonds is 5. The summed E-state index contributed by atoms with van der Waals surface area (Å²) in [6.45, 7) is 5.06. The van der Waals surface area contributed by atoms with Gasteiger partial charge < -0.3 is 15.4 Å². The molecule has 2 unspecified atom stereocenters. The Bertz CT molecular complexity index is 354. The summed E-state index contributed by atoms with van der Waals surface area (Å²) < 4.78 is 5.77. The molecule has 1 aromatic rings. The second-order valence-electron chi connectivity index (χ2n) is 4.86. The molecule has 0 saturated carbocycles. The Morgan fingerprint density at radius 3 is 3.06 bits per heavy atom. The fourth-order valence-corrected chi connectivity index (χ4v) is 2.27. The molecule has 2 atom stereocenters. The van der Waals surface area contributed by atoms with E-state index in [1.165, 1.54) is 5.56 Å². The molecule has 94 valence electrons. The van der Waals surface area contributed by atoms with E-state index in [1.54, 1.807) is 0 Å². The predicted octanol–water partition coefficient (Wildman–Crippen LogP) is 1.44. The molecule has 0 saturated heterocycles. The lowest BCUT2D eigenvalue weighted by atomic mass is 9.96. The molecule has 17 heavy (non-hydrogen) atoms. The molecule has 1 aliphatic heterocycles. The second-order valence-corrected chi connectivity index (χ2v) is 4.86. The first-order valence-electron chi connectivity index (χ1n) is 6.38. The summed E-state index contributed by atoms with van der Waals surface area (Å²) in [7, 11) is 1.98. The van der Waals surface area contributed by atoms with Crippen LogP contribution in [0.15, 0.2) is 24.3 Å². The molecule has 1 aromatic carbocycles. The largest absolute Gasteiger partial charge is 0.493 e. The van der Waals surface area contributed by atoms with Gasteiger partial charge in [0.05, 0.1) is 6.61 Å². The Labute approximate surface area is 104 Å². The van der Waals surface area contributed by atoms with Crippen LogP contribution in [0.1, 0.15) is 12.5 Å². The summed E-state index contributed by atoms with van der Waals surface area (Å²) in [6, 6.07) is 8.85. The number of para-hydroxylation sites is 1. The van der Waals surface area contributed by atoms with Crippen molar-refractivity contribution in [3.63, 3.8) is 0 Å². The van der Waals surface area contributed by atoms with E-state index in [-0.39, 0.29) is 0 Å². The van der Waals surface area contributed by atoms with Gasteiger partial charge in [0.15, 0.2) is 0 Å². The minimum absolute atomic E-state index is 0.511. The van der Waals surface area contributed by atoms with Crippen molar-refractivity contribution >= 4 is 0 Å². The molecule has 0 aliphatic carbocycles. The Morgan fingerprint density at radius 1 is 1.41 bits per heavy atom. The first-order chi connectivity index (χ1) is 8.29. The van der Waals surface area contributed by atoms with Gasteiger partial charge in [-0.1, -0.05) is 18.2 Å². The minimum atomic E-state index is 0.511. The summed E-state index contributed by atoms with van der Waals surface area (Å²) in [5.41, 5.74) is 1.34. The van der Waals surface area contributed by atoms with Crippen molar-refractivity contribution in [1.82, 2.24) is 10.6 Å². The van der Waals surface area contributed by atoms with Crippen molar-refractivity contribution < 1.29 is 4.74 Å². The van der Waals surface area contributed by atoms with Crippen molar-refractivity contribution in [2.24, 2.45) is 5.92 Å². The molecule has 0 aromatic heterocycles. The van der Waals surface area contributed by atoms with Crippen LogP contribution in [0.5, 0.6) is 5.75 Å². The van der Waals surface area contributed by atoms with Crippen molar-refractivity contribution in [3.8, 4) is 5.75 Å². The standard InChI is InChI=1S/C14H22N2O/c1-11(8-15-2)16-9-12-7-13-5-3-4-6-14(13)17-10-12/h3-6,11-12,15-16H,7-10H2,1-2H3. The van der Waals surface area contributed by atoms with Gasteiger partial charge in [0.1, 0.15) is 5.75 Å². The third-order valence-corrected chi connectivity index (χ3v) is 3.22. The summed E-state index contributed by atoms with van der Waals surface area (Å²) in [5.74, 6) is 1.65. The highest BCUT2D eigenvalue weighted by molar-refractivity contribution is 5.35. The molecule has 3 heteroatoms. The van der Waals surface area contributed by atoms with Gasteiger partial charge in [0, 0.05) is 25.0 Å². The van der Waals surface area contributed by atoms with Crippen molar-refractivity contribution in [2.45, 2.75) is 19.4 Å². The lowest BCUT2D eigenvalue weighted by molar-refractivity contribution is 0.215. The maximum Gasteiger partial charge on any atom is 0.122 e. The maximum atomic E-state index is 5.77. The van der Waals surface area contributed by atoms with E-state index in [1.807, 2.05) is 13.1 Å². The first-order valence-corrected chi connectivity index (χ1v) is 6.38. The van der Waals surface area contributed by atoms with Gasteiger partial charge in [-0.15, -0.1) is 0 Å². The molecule has 3 nitrogen and oxygen atoms in total. The number of benzene rings is 1. The average molecular weight is 234 g/mol. The van der Waals surface area contributed by atoms with Crippen LogP contribution in [0.3, 0.4) is 0 Å². The van der Waals surface area contributed by atoms with E-state index in [4.69, 9.17) is 4.74 Å². The molecular weight excluding hydrogens is 212 g/mol. The lowest BCUT2D eigenvalue weighted by Crippen LogP contribution is -2.40. The van der Waals surface area contributed by atoms with E-state index in [9.17, 15) is 0 Å². The summed E-state index contributed by atoms with van der Waals surface area (Å²) in [5, 5.41) is 6.72. The maximum absolute atomic E-state index is 5.77. The zero-order valence-corrected chi connectivity index (χ0v) is 10.7. The normalized spacial score (nSPS) is 20.5. The second kappa shape index (κ2) is 6.03. The van der Waals surface area contributed by atoms with Gasteiger partial charge >= 0.3 is 0 Å². The van der Waals surface area contributed by atoms with Crippen LogP contribution in [0.25, 0.3) is 0 Å². The SMILES string of the molecule is CNCC(C)NCC1COc2ccccc2C1. The zero-order chi connectivity index (χ0) is 12.1. The van der Waals surface area contributed by atoms with Crippen LogP contribution in [0.4, 0.5) is 0 Å². The molecule has 2 rings (SSSR count). The molecule has 2 N–H and O–H groups in total. The number of fused-ring (bicyclic) bond motifs is 1. The van der Waals surface area contributed by atoms with Crippen LogP contribution in [-0.2, 0) is 6.42 Å². The molecule has 1 heterocycles. The van der Waals surface area contributed by atoms with Crippen molar-refractivity contribution in [1.29, 1.82) is 0 Å². The Morgan fingerprint density at radius 2 is 2.24 bits per heavy atom. The quantitative estimate of drug-likeness (QED) is 0.808. The fraction of sp³-hybridized carbons (Fsp3) is 0.571. The van der Waals surface area contributed by atoms with E-state index in [0.717, 1.165) is 31.9 Å². The van der Waals surface area contributed by atoms with E-state index >= 15 is 0 Å². The molecule has 0 radical (unpaired) electrons. The highest BCUT2D eigenvalue weighted by Crippen LogP contribution is 2.26. The minimum Gasteiger partial charge on any atom is -0.493 e. The number of nitrogens with one attached hydrogen (secondary N) is 2. The van der Waals surface area contributed by atoms with Gasteiger partial charge in [-0.3, -0.25) is 0 Å². The van der Waals surface area contributed by atoms with Gasteiger partial charge in [-0.05, 0) is 32.0 Å². The highest BCUT2D eigenvalue weighted by atomic mass is 16.5. The van der Waals surface area contributed by atoms with Crippen molar-refractivity contribution in [3.05, 3.63) is 29.8 Å². The van der Waals surface area contributed by atoms with Gasteiger partial charge in [-0.25, -0.2) is 0 Å². The van der Waals surface area contributed by atoms with Crippen LogP contribution in [0.2, 0.25) is 0 Å². The molecule has 0 bridgehead atoms. The lowest BCUT2D eigenvalue weighted by Gasteiger charge is -2.26. The van der Waals surface area contributed by atoms with E-state index < -0.39 is 0 Å². The number of hydrogen-bond acceptors (Lipinski definition) is 3. The van der Waals surface area contributed by atoms with Gasteiger partial charge in [-0.2, -0.15) is 0 Å². The van der Waals surface area contributed by atoms with Crippen LogP contribution >= 0.6 is 0 Å². The predicted molar refractivity (Wildman–Crippen MR) is 70.5 cm³/mol. The van der Waals surface area contributed by atoms with E-state index in [2.05, 4.69) is 35.8 Å². The highest BCUT2D eigenvalue weighted by Gasteiger charge is 2.19.